The van der Waals surface area contributed by atoms with Gasteiger partial charge in [0.05, 0.1) is 16.9 Å². The summed E-state index contributed by atoms with van der Waals surface area (Å²) in [5.74, 6) is -0.517. The standard InChI is InChI=1S/C21H19F2N5.ClH/c1-12-10-28-11-15(7-18(23)21(28)25-12)14-6-17(22)16-9-19(26-27-20(16)8-14)13-2-4-24-5-3-13;/h6-11,13,24H,2-5H2,1H3;1H. The molecule has 5 nitrogen and oxygen atoms in total. The third-order valence-corrected chi connectivity index (χ3v) is 5.39. The van der Waals surface area contributed by atoms with Crippen LogP contribution in [0.2, 0.25) is 0 Å². The van der Waals surface area contributed by atoms with Crippen molar-refractivity contribution < 1.29 is 8.78 Å². The van der Waals surface area contributed by atoms with Crippen LogP contribution in [0.5, 0.6) is 0 Å². The van der Waals surface area contributed by atoms with Crippen molar-refractivity contribution in [3.05, 3.63) is 59.7 Å². The Balaban J connectivity index is 0.00000205. The molecule has 0 bridgehead atoms. The van der Waals surface area contributed by atoms with Crippen LogP contribution in [0.3, 0.4) is 0 Å². The molecule has 29 heavy (non-hydrogen) atoms. The summed E-state index contributed by atoms with van der Waals surface area (Å²) in [6.07, 6.45) is 5.44. The number of piperidine rings is 1. The predicted molar refractivity (Wildman–Crippen MR) is 110 cm³/mol. The van der Waals surface area contributed by atoms with Gasteiger partial charge < -0.3 is 9.72 Å². The molecule has 0 spiro atoms. The quantitative estimate of drug-likeness (QED) is 0.526. The smallest absolute Gasteiger partial charge is 0.173 e. The number of benzene rings is 1. The van der Waals surface area contributed by atoms with Crippen molar-refractivity contribution in [2.75, 3.05) is 13.1 Å². The summed E-state index contributed by atoms with van der Waals surface area (Å²) in [6.45, 7) is 3.68. The van der Waals surface area contributed by atoms with Crippen LogP contribution in [0.25, 0.3) is 27.7 Å². The Kier molecular flexibility index (Phi) is 5.19. The molecule has 0 unspecified atom stereocenters. The Morgan fingerprint density at radius 2 is 1.72 bits per heavy atom. The molecule has 0 atom stereocenters. The second-order valence-corrected chi connectivity index (χ2v) is 7.37. The van der Waals surface area contributed by atoms with Crippen molar-refractivity contribution in [1.29, 1.82) is 0 Å². The van der Waals surface area contributed by atoms with Gasteiger partial charge in [-0.25, -0.2) is 13.8 Å². The molecule has 5 rings (SSSR count). The van der Waals surface area contributed by atoms with Crippen LogP contribution in [-0.2, 0) is 0 Å². The van der Waals surface area contributed by atoms with Gasteiger partial charge in [-0.1, -0.05) is 0 Å². The van der Waals surface area contributed by atoms with E-state index in [1.165, 1.54) is 12.1 Å². The van der Waals surface area contributed by atoms with Crippen LogP contribution in [-0.4, -0.2) is 32.7 Å². The van der Waals surface area contributed by atoms with E-state index in [-0.39, 0.29) is 23.9 Å². The van der Waals surface area contributed by atoms with E-state index in [2.05, 4.69) is 20.5 Å². The van der Waals surface area contributed by atoms with E-state index in [0.29, 0.717) is 27.9 Å². The minimum Gasteiger partial charge on any atom is -0.317 e. The highest BCUT2D eigenvalue weighted by Gasteiger charge is 2.19. The zero-order valence-electron chi connectivity index (χ0n) is 15.8. The van der Waals surface area contributed by atoms with Crippen LogP contribution in [0.15, 0.2) is 36.7 Å². The van der Waals surface area contributed by atoms with Crippen molar-refractivity contribution in [2.45, 2.75) is 25.7 Å². The van der Waals surface area contributed by atoms with Crippen molar-refractivity contribution >= 4 is 29.0 Å². The van der Waals surface area contributed by atoms with Crippen molar-refractivity contribution in [3.8, 4) is 11.1 Å². The first-order valence-electron chi connectivity index (χ1n) is 9.41. The molecule has 4 aromatic rings. The highest BCUT2D eigenvalue weighted by Crippen LogP contribution is 2.30. The monoisotopic (exact) mass is 415 g/mol. The van der Waals surface area contributed by atoms with Crippen LogP contribution < -0.4 is 5.32 Å². The van der Waals surface area contributed by atoms with Gasteiger partial charge in [-0.2, -0.15) is 10.2 Å². The predicted octanol–water partition coefficient (Wildman–Crippen LogP) is 4.42. The summed E-state index contributed by atoms with van der Waals surface area (Å²) in [5.41, 5.74) is 3.40. The third kappa shape index (κ3) is 3.56. The first-order valence-corrected chi connectivity index (χ1v) is 9.41. The summed E-state index contributed by atoms with van der Waals surface area (Å²) >= 11 is 0. The SMILES string of the molecule is Cc1cn2cc(-c3cc(F)c4cc(C5CCNCC5)nnc4c3)cc(F)c2n1.Cl. The number of hydrogen-bond acceptors (Lipinski definition) is 4. The number of aromatic nitrogens is 4. The molecule has 0 radical (unpaired) electrons. The summed E-state index contributed by atoms with van der Waals surface area (Å²) in [7, 11) is 0. The fourth-order valence-corrected chi connectivity index (χ4v) is 3.94. The van der Waals surface area contributed by atoms with Gasteiger partial charge in [0.1, 0.15) is 5.82 Å². The van der Waals surface area contributed by atoms with Crippen LogP contribution >= 0.6 is 12.4 Å². The lowest BCUT2D eigenvalue weighted by molar-refractivity contribution is 0.451. The summed E-state index contributed by atoms with van der Waals surface area (Å²) < 4.78 is 30.9. The van der Waals surface area contributed by atoms with Gasteiger partial charge in [0.15, 0.2) is 11.5 Å². The second kappa shape index (κ2) is 7.65. The van der Waals surface area contributed by atoms with E-state index in [9.17, 15) is 8.78 Å². The van der Waals surface area contributed by atoms with E-state index in [4.69, 9.17) is 0 Å². The van der Waals surface area contributed by atoms with E-state index < -0.39 is 5.82 Å². The molecule has 150 valence electrons. The Labute approximate surface area is 172 Å². The Hall–Kier alpha value is -2.64. The first-order chi connectivity index (χ1) is 13.6. The van der Waals surface area contributed by atoms with E-state index >= 15 is 0 Å². The van der Waals surface area contributed by atoms with Gasteiger partial charge in [-0.15, -0.1) is 12.4 Å². The van der Waals surface area contributed by atoms with Crippen molar-refractivity contribution in [2.24, 2.45) is 0 Å². The van der Waals surface area contributed by atoms with Gasteiger partial charge in [0.25, 0.3) is 0 Å². The maximum absolute atomic E-state index is 14.9. The number of nitrogens with zero attached hydrogens (tertiary/aromatic N) is 4. The molecule has 1 saturated heterocycles. The van der Waals surface area contributed by atoms with Crippen molar-refractivity contribution in [1.82, 2.24) is 24.9 Å². The number of fused-ring (bicyclic) bond motifs is 2. The van der Waals surface area contributed by atoms with E-state index in [0.717, 1.165) is 37.3 Å². The number of halogens is 3. The van der Waals surface area contributed by atoms with Gasteiger partial charge in [0.2, 0.25) is 0 Å². The molecule has 1 aliphatic rings. The average molecular weight is 416 g/mol. The molecule has 0 amide bonds. The van der Waals surface area contributed by atoms with Gasteiger partial charge in [0, 0.05) is 29.3 Å². The Morgan fingerprint density at radius 1 is 0.966 bits per heavy atom. The highest BCUT2D eigenvalue weighted by atomic mass is 35.5. The molecule has 0 saturated carbocycles. The highest BCUT2D eigenvalue weighted by molar-refractivity contribution is 5.85. The van der Waals surface area contributed by atoms with Crippen LogP contribution in [0, 0.1) is 18.6 Å². The topological polar surface area (TPSA) is 55.1 Å². The van der Waals surface area contributed by atoms with Crippen LogP contribution in [0.4, 0.5) is 8.78 Å². The molecule has 1 N–H and O–H groups in total. The minimum atomic E-state index is -0.446. The van der Waals surface area contributed by atoms with Gasteiger partial charge >= 0.3 is 0 Å². The average Bonchev–Trinajstić information content (AvgIpc) is 3.09. The molecule has 1 fully saturated rings. The lowest BCUT2D eigenvalue weighted by Gasteiger charge is -2.21. The Bertz CT molecular complexity index is 1200. The summed E-state index contributed by atoms with van der Waals surface area (Å²) in [6, 6.07) is 6.36. The largest absolute Gasteiger partial charge is 0.317 e. The minimum absolute atomic E-state index is 0. The normalized spacial score (nSPS) is 15.0. The maximum Gasteiger partial charge on any atom is 0.173 e. The maximum atomic E-state index is 14.9. The molecule has 1 aliphatic heterocycles. The fraction of sp³-hybridized carbons (Fsp3) is 0.286. The lowest BCUT2D eigenvalue weighted by Crippen LogP contribution is -2.27. The number of nitrogens with one attached hydrogen (secondary N) is 1. The number of hydrogen-bond donors (Lipinski definition) is 1. The Morgan fingerprint density at radius 3 is 2.52 bits per heavy atom. The molecule has 8 heteroatoms. The lowest BCUT2D eigenvalue weighted by atomic mass is 9.93. The third-order valence-electron chi connectivity index (χ3n) is 5.39. The number of imidazole rings is 1. The second-order valence-electron chi connectivity index (χ2n) is 7.37. The van der Waals surface area contributed by atoms with E-state index in [1.807, 2.05) is 0 Å². The van der Waals surface area contributed by atoms with E-state index in [1.54, 1.807) is 35.9 Å². The summed E-state index contributed by atoms with van der Waals surface area (Å²) in [4.78, 5) is 4.16. The molecule has 1 aromatic carbocycles. The van der Waals surface area contributed by atoms with Crippen LogP contribution in [0.1, 0.15) is 30.1 Å². The first kappa shape index (κ1) is 19.7. The molecular formula is C21H20ClF2N5. The molecule has 4 heterocycles. The number of rotatable bonds is 2. The van der Waals surface area contributed by atoms with Gasteiger partial charge in [-0.3, -0.25) is 0 Å². The number of aryl methyl sites for hydroxylation is 1. The zero-order valence-corrected chi connectivity index (χ0v) is 16.6. The zero-order chi connectivity index (χ0) is 19.3. The summed E-state index contributed by atoms with van der Waals surface area (Å²) in [5, 5.41) is 12.4. The van der Waals surface area contributed by atoms with Gasteiger partial charge in [-0.05, 0) is 62.7 Å². The molecule has 0 aliphatic carbocycles. The molecular weight excluding hydrogens is 396 g/mol. The van der Waals surface area contributed by atoms with Crippen molar-refractivity contribution in [3.63, 3.8) is 0 Å². The number of pyridine rings is 1. The fourth-order valence-electron chi connectivity index (χ4n) is 3.94. The molecule has 3 aromatic heterocycles.